The lowest BCUT2D eigenvalue weighted by Gasteiger charge is -2.03. The Labute approximate surface area is 111 Å². The molecular formula is C15H15NO3. The van der Waals surface area contributed by atoms with Gasteiger partial charge in [-0.25, -0.2) is 0 Å². The molecule has 0 spiro atoms. The van der Waals surface area contributed by atoms with Crippen LogP contribution in [0.5, 0.6) is 0 Å². The summed E-state index contributed by atoms with van der Waals surface area (Å²) in [7, 11) is 0. The molecule has 0 aliphatic carbocycles. The molecule has 4 heteroatoms. The number of carbonyl (C=O) groups excluding carboxylic acids is 2. The second-order valence-corrected chi connectivity index (χ2v) is 3.58. The highest BCUT2D eigenvalue weighted by molar-refractivity contribution is 5.94. The topological polar surface area (TPSA) is 69.4 Å². The number of hydrogen-bond donors (Lipinski definition) is 1. The zero-order valence-electron chi connectivity index (χ0n) is 10.4. The fraction of sp³-hybridized carbons (Fsp3) is 0.0667. The van der Waals surface area contributed by atoms with Crippen LogP contribution in [0.1, 0.15) is 15.9 Å². The second kappa shape index (κ2) is 8.47. The minimum atomic E-state index is -0.523. The fourth-order valence-corrected chi connectivity index (χ4v) is 1.40. The van der Waals surface area contributed by atoms with Gasteiger partial charge in [0.1, 0.15) is 6.61 Å². The largest absolute Gasteiger partial charge is 0.463 e. The highest BCUT2D eigenvalue weighted by Crippen LogP contribution is 2.08. The van der Waals surface area contributed by atoms with Gasteiger partial charge in [0.15, 0.2) is 0 Å². The lowest BCUT2D eigenvalue weighted by molar-refractivity contribution is -0.129. The van der Waals surface area contributed by atoms with Gasteiger partial charge in [0.2, 0.25) is 5.91 Å². The molecular weight excluding hydrogens is 242 g/mol. The number of amides is 1. The Hall–Kier alpha value is -2.62. The predicted octanol–water partition coefficient (Wildman–Crippen LogP) is 2.15. The molecule has 0 aliphatic rings. The van der Waals surface area contributed by atoms with Gasteiger partial charge in [-0.3, -0.25) is 9.59 Å². The first-order chi connectivity index (χ1) is 9.25. The first kappa shape index (κ1) is 14.4. The summed E-state index contributed by atoms with van der Waals surface area (Å²) in [6, 6.07) is 18.7. The standard InChI is InChI=1S/C9H9NO3.C6H6/c10-9(12)8-4-2-1-3-7(8)5-13-6-11;1-2-4-6-5-3-1/h1-4,6H,5H2,(H2,10,12);1-6H. The van der Waals surface area contributed by atoms with Crippen LogP contribution in [0.25, 0.3) is 0 Å². The summed E-state index contributed by atoms with van der Waals surface area (Å²) in [6.45, 7) is 0.403. The van der Waals surface area contributed by atoms with Gasteiger partial charge < -0.3 is 10.5 Å². The molecule has 4 nitrogen and oxygen atoms in total. The van der Waals surface area contributed by atoms with Crippen LogP contribution in [0, 0.1) is 0 Å². The molecule has 0 bridgehead atoms. The van der Waals surface area contributed by atoms with Gasteiger partial charge >= 0.3 is 0 Å². The lowest BCUT2D eigenvalue weighted by atomic mass is 10.1. The third kappa shape index (κ3) is 5.50. The Morgan fingerprint density at radius 2 is 1.53 bits per heavy atom. The van der Waals surface area contributed by atoms with E-state index in [1.54, 1.807) is 24.3 Å². The molecule has 2 rings (SSSR count). The van der Waals surface area contributed by atoms with Crippen molar-refractivity contribution in [3.05, 3.63) is 71.8 Å². The number of primary amides is 1. The van der Waals surface area contributed by atoms with Gasteiger partial charge in [0.25, 0.3) is 6.47 Å². The van der Waals surface area contributed by atoms with E-state index in [9.17, 15) is 9.59 Å². The minimum absolute atomic E-state index is 0.0720. The van der Waals surface area contributed by atoms with E-state index >= 15 is 0 Å². The molecule has 98 valence electrons. The molecule has 0 saturated heterocycles. The van der Waals surface area contributed by atoms with E-state index in [1.165, 1.54) is 0 Å². The molecule has 1 amide bonds. The van der Waals surface area contributed by atoms with E-state index in [-0.39, 0.29) is 6.61 Å². The highest BCUT2D eigenvalue weighted by Gasteiger charge is 2.06. The van der Waals surface area contributed by atoms with E-state index in [2.05, 4.69) is 4.74 Å². The van der Waals surface area contributed by atoms with Crippen LogP contribution in [-0.4, -0.2) is 12.4 Å². The van der Waals surface area contributed by atoms with E-state index in [0.717, 1.165) is 0 Å². The van der Waals surface area contributed by atoms with Crippen molar-refractivity contribution in [2.75, 3.05) is 0 Å². The summed E-state index contributed by atoms with van der Waals surface area (Å²) in [5, 5.41) is 0. The van der Waals surface area contributed by atoms with Crippen molar-refractivity contribution in [3.8, 4) is 0 Å². The van der Waals surface area contributed by atoms with E-state index in [4.69, 9.17) is 5.73 Å². The van der Waals surface area contributed by atoms with Crippen LogP contribution >= 0.6 is 0 Å². The first-order valence-corrected chi connectivity index (χ1v) is 5.68. The molecule has 0 aromatic heterocycles. The van der Waals surface area contributed by atoms with Crippen LogP contribution in [0.2, 0.25) is 0 Å². The van der Waals surface area contributed by atoms with Crippen molar-refractivity contribution in [1.82, 2.24) is 0 Å². The zero-order valence-corrected chi connectivity index (χ0v) is 10.4. The molecule has 0 fully saturated rings. The number of ether oxygens (including phenoxy) is 1. The maximum atomic E-state index is 10.9. The highest BCUT2D eigenvalue weighted by atomic mass is 16.5. The van der Waals surface area contributed by atoms with Crippen molar-refractivity contribution < 1.29 is 14.3 Å². The van der Waals surface area contributed by atoms with Crippen LogP contribution < -0.4 is 5.73 Å². The molecule has 2 aromatic carbocycles. The van der Waals surface area contributed by atoms with Crippen LogP contribution in [0.3, 0.4) is 0 Å². The monoisotopic (exact) mass is 257 g/mol. The molecule has 0 aliphatic heterocycles. The molecule has 0 unspecified atom stereocenters. The summed E-state index contributed by atoms with van der Waals surface area (Å²) in [5.41, 5.74) is 6.10. The van der Waals surface area contributed by atoms with Gasteiger partial charge in [0.05, 0.1) is 0 Å². The average molecular weight is 257 g/mol. The fourth-order valence-electron chi connectivity index (χ4n) is 1.40. The van der Waals surface area contributed by atoms with E-state index in [0.29, 0.717) is 17.6 Å². The molecule has 0 heterocycles. The van der Waals surface area contributed by atoms with Crippen molar-refractivity contribution in [1.29, 1.82) is 0 Å². The third-order valence-electron chi connectivity index (χ3n) is 2.26. The van der Waals surface area contributed by atoms with Crippen molar-refractivity contribution >= 4 is 12.4 Å². The van der Waals surface area contributed by atoms with Gasteiger partial charge in [-0.1, -0.05) is 54.6 Å². The van der Waals surface area contributed by atoms with Crippen LogP contribution in [-0.2, 0) is 16.1 Å². The minimum Gasteiger partial charge on any atom is -0.463 e. The summed E-state index contributed by atoms with van der Waals surface area (Å²) in [6.07, 6.45) is 0. The second-order valence-electron chi connectivity index (χ2n) is 3.58. The number of rotatable bonds is 4. The van der Waals surface area contributed by atoms with Crippen LogP contribution in [0.15, 0.2) is 60.7 Å². The maximum Gasteiger partial charge on any atom is 0.293 e. The lowest BCUT2D eigenvalue weighted by Crippen LogP contribution is -2.13. The SMILES string of the molecule is NC(=O)c1ccccc1COC=O.c1ccccc1. The average Bonchev–Trinajstić information content (AvgIpc) is 2.48. The Kier molecular flexibility index (Phi) is 6.44. The number of benzene rings is 2. The van der Waals surface area contributed by atoms with Gasteiger partial charge in [-0.2, -0.15) is 0 Å². The van der Waals surface area contributed by atoms with Crippen molar-refractivity contribution in [3.63, 3.8) is 0 Å². The molecule has 2 N–H and O–H groups in total. The third-order valence-corrected chi connectivity index (χ3v) is 2.26. The smallest absolute Gasteiger partial charge is 0.293 e. The van der Waals surface area contributed by atoms with Crippen molar-refractivity contribution in [2.45, 2.75) is 6.61 Å². The van der Waals surface area contributed by atoms with E-state index < -0.39 is 5.91 Å². The summed E-state index contributed by atoms with van der Waals surface area (Å²) in [5.74, 6) is -0.523. The molecule has 0 atom stereocenters. The number of carbonyl (C=O) groups is 2. The van der Waals surface area contributed by atoms with Gasteiger partial charge in [-0.05, 0) is 6.07 Å². The molecule has 0 saturated carbocycles. The van der Waals surface area contributed by atoms with Crippen LogP contribution in [0.4, 0.5) is 0 Å². The molecule has 19 heavy (non-hydrogen) atoms. The summed E-state index contributed by atoms with van der Waals surface area (Å²) >= 11 is 0. The number of hydrogen-bond acceptors (Lipinski definition) is 3. The molecule has 2 aromatic rings. The van der Waals surface area contributed by atoms with E-state index in [1.807, 2.05) is 36.4 Å². The first-order valence-electron chi connectivity index (χ1n) is 5.68. The summed E-state index contributed by atoms with van der Waals surface area (Å²) in [4.78, 5) is 20.8. The quantitative estimate of drug-likeness (QED) is 0.853. The predicted molar refractivity (Wildman–Crippen MR) is 72.3 cm³/mol. The van der Waals surface area contributed by atoms with Gasteiger partial charge in [-0.15, -0.1) is 0 Å². The van der Waals surface area contributed by atoms with Gasteiger partial charge in [0, 0.05) is 11.1 Å². The number of nitrogens with two attached hydrogens (primary N) is 1. The maximum absolute atomic E-state index is 10.9. The van der Waals surface area contributed by atoms with Crippen molar-refractivity contribution in [2.24, 2.45) is 5.73 Å². The Bertz CT molecular complexity index is 485. The Morgan fingerprint density at radius 1 is 1.00 bits per heavy atom. The Morgan fingerprint density at radius 3 is 2.00 bits per heavy atom. The normalized spacial score (nSPS) is 8.84. The molecule has 0 radical (unpaired) electrons. The zero-order chi connectivity index (χ0) is 13.9. The Balaban J connectivity index is 0.000000250. The summed E-state index contributed by atoms with van der Waals surface area (Å²) < 4.78 is 4.52.